The molecule has 2 aromatic heterocycles. The summed E-state index contributed by atoms with van der Waals surface area (Å²) >= 11 is 1.79. The lowest BCUT2D eigenvalue weighted by molar-refractivity contribution is -0.133. The van der Waals surface area contributed by atoms with Gasteiger partial charge in [0.05, 0.1) is 6.54 Å². The molecule has 1 amide bonds. The maximum absolute atomic E-state index is 12.7. The Hall–Kier alpha value is -1.80. The molecule has 0 aromatic carbocycles. The van der Waals surface area contributed by atoms with Gasteiger partial charge in [-0.05, 0) is 65.7 Å². The first-order valence-corrected chi connectivity index (χ1v) is 9.87. The summed E-state index contributed by atoms with van der Waals surface area (Å²) in [5.74, 6) is 1.68. The van der Waals surface area contributed by atoms with E-state index in [4.69, 9.17) is 0 Å². The Kier molecular flexibility index (Phi) is 4.80. The number of aromatic nitrogens is 4. The van der Waals surface area contributed by atoms with E-state index in [0.717, 1.165) is 44.3 Å². The second-order valence-electron chi connectivity index (χ2n) is 7.15. The minimum absolute atomic E-state index is 0.0951. The molecule has 0 aliphatic carbocycles. The van der Waals surface area contributed by atoms with E-state index in [1.807, 2.05) is 4.90 Å². The van der Waals surface area contributed by atoms with Crippen LogP contribution in [0.3, 0.4) is 0 Å². The van der Waals surface area contributed by atoms with Crippen LogP contribution in [0.4, 0.5) is 0 Å². The van der Waals surface area contributed by atoms with Crippen molar-refractivity contribution in [3.05, 3.63) is 27.7 Å². The lowest BCUT2D eigenvalue weighted by Gasteiger charge is -2.29. The SMILES string of the molecule is CC1CCN(Cc2nnnn2CC(=O)N2CCc3sccc3C2)CC1. The molecule has 0 unspecified atom stereocenters. The first kappa shape index (κ1) is 16.7. The van der Waals surface area contributed by atoms with Crippen molar-refractivity contribution in [1.82, 2.24) is 30.0 Å². The van der Waals surface area contributed by atoms with Gasteiger partial charge in [-0.1, -0.05) is 6.92 Å². The number of piperidine rings is 1. The average Bonchev–Trinajstić information content (AvgIpc) is 3.25. The Balaban J connectivity index is 1.37. The summed E-state index contributed by atoms with van der Waals surface area (Å²) < 4.78 is 1.67. The van der Waals surface area contributed by atoms with Crippen LogP contribution >= 0.6 is 11.3 Å². The fourth-order valence-electron chi connectivity index (χ4n) is 3.57. The number of nitrogens with zero attached hydrogens (tertiary/aromatic N) is 6. The molecule has 7 nitrogen and oxygen atoms in total. The van der Waals surface area contributed by atoms with Crippen LogP contribution in [0.15, 0.2) is 11.4 Å². The number of amides is 1. The largest absolute Gasteiger partial charge is 0.336 e. The van der Waals surface area contributed by atoms with E-state index in [0.29, 0.717) is 6.54 Å². The smallest absolute Gasteiger partial charge is 0.244 e. The van der Waals surface area contributed by atoms with Gasteiger partial charge in [0.2, 0.25) is 5.91 Å². The van der Waals surface area contributed by atoms with E-state index in [9.17, 15) is 4.79 Å². The predicted octanol–water partition coefficient (Wildman–Crippen LogP) is 1.55. The van der Waals surface area contributed by atoms with Gasteiger partial charge in [-0.2, -0.15) is 0 Å². The van der Waals surface area contributed by atoms with Crippen LogP contribution in [-0.2, 0) is 30.8 Å². The van der Waals surface area contributed by atoms with Crippen molar-refractivity contribution in [3.8, 4) is 0 Å². The molecule has 1 saturated heterocycles. The van der Waals surface area contributed by atoms with Crippen LogP contribution in [0.5, 0.6) is 0 Å². The molecule has 25 heavy (non-hydrogen) atoms. The number of tetrazole rings is 1. The summed E-state index contributed by atoms with van der Waals surface area (Å²) in [5, 5.41) is 14.1. The van der Waals surface area contributed by atoms with E-state index in [2.05, 4.69) is 38.8 Å². The Morgan fingerprint density at radius 3 is 3.00 bits per heavy atom. The summed E-state index contributed by atoms with van der Waals surface area (Å²) in [5.41, 5.74) is 1.28. The van der Waals surface area contributed by atoms with E-state index < -0.39 is 0 Å². The highest BCUT2D eigenvalue weighted by Crippen LogP contribution is 2.24. The van der Waals surface area contributed by atoms with Gasteiger partial charge in [0.25, 0.3) is 0 Å². The van der Waals surface area contributed by atoms with Crippen molar-refractivity contribution in [2.24, 2.45) is 5.92 Å². The summed E-state index contributed by atoms with van der Waals surface area (Å²) in [7, 11) is 0. The van der Waals surface area contributed by atoms with Crippen LogP contribution in [0.25, 0.3) is 0 Å². The normalized spacial score (nSPS) is 19.2. The molecule has 0 N–H and O–H groups in total. The molecular weight excluding hydrogens is 336 g/mol. The first-order chi connectivity index (χ1) is 12.2. The average molecular weight is 360 g/mol. The number of likely N-dealkylation sites (tertiary alicyclic amines) is 1. The monoisotopic (exact) mass is 360 g/mol. The van der Waals surface area contributed by atoms with Crippen molar-refractivity contribution >= 4 is 17.2 Å². The van der Waals surface area contributed by atoms with E-state index in [-0.39, 0.29) is 12.5 Å². The Bertz CT molecular complexity index is 733. The predicted molar refractivity (Wildman–Crippen MR) is 94.9 cm³/mol. The van der Waals surface area contributed by atoms with Crippen molar-refractivity contribution in [2.75, 3.05) is 19.6 Å². The van der Waals surface area contributed by atoms with Crippen molar-refractivity contribution in [2.45, 2.75) is 45.8 Å². The molecule has 4 rings (SSSR count). The van der Waals surface area contributed by atoms with Crippen LogP contribution in [-0.4, -0.2) is 55.5 Å². The maximum atomic E-state index is 12.7. The number of fused-ring (bicyclic) bond motifs is 1. The Labute approximate surface area is 151 Å². The maximum Gasteiger partial charge on any atom is 0.244 e. The zero-order valence-electron chi connectivity index (χ0n) is 14.6. The van der Waals surface area contributed by atoms with Crippen molar-refractivity contribution in [1.29, 1.82) is 0 Å². The second kappa shape index (κ2) is 7.21. The van der Waals surface area contributed by atoms with E-state index in [1.54, 1.807) is 16.0 Å². The van der Waals surface area contributed by atoms with Gasteiger partial charge >= 0.3 is 0 Å². The van der Waals surface area contributed by atoms with Gasteiger partial charge in [0.15, 0.2) is 5.82 Å². The molecule has 134 valence electrons. The van der Waals surface area contributed by atoms with Gasteiger partial charge in [-0.25, -0.2) is 4.68 Å². The fourth-order valence-corrected chi connectivity index (χ4v) is 4.46. The van der Waals surface area contributed by atoms with Gasteiger partial charge in [-0.3, -0.25) is 9.69 Å². The zero-order chi connectivity index (χ0) is 17.2. The zero-order valence-corrected chi connectivity index (χ0v) is 15.4. The molecule has 2 aromatic rings. The number of carbonyl (C=O) groups is 1. The third-order valence-corrected chi connectivity index (χ3v) is 6.32. The van der Waals surface area contributed by atoms with E-state index >= 15 is 0 Å². The van der Waals surface area contributed by atoms with Crippen LogP contribution in [0.2, 0.25) is 0 Å². The lowest BCUT2D eigenvalue weighted by atomic mass is 9.99. The van der Waals surface area contributed by atoms with Gasteiger partial charge in [0.1, 0.15) is 6.54 Å². The molecule has 8 heteroatoms. The molecule has 0 spiro atoms. The molecule has 0 atom stereocenters. The van der Waals surface area contributed by atoms with Gasteiger partial charge in [0, 0.05) is 18.0 Å². The minimum Gasteiger partial charge on any atom is -0.336 e. The fraction of sp³-hybridized carbons (Fsp3) is 0.647. The number of carbonyl (C=O) groups excluding carboxylic acids is 1. The number of hydrogen-bond donors (Lipinski definition) is 0. The Morgan fingerprint density at radius 2 is 2.16 bits per heavy atom. The third kappa shape index (κ3) is 3.74. The molecule has 0 saturated carbocycles. The molecule has 4 heterocycles. The van der Waals surface area contributed by atoms with Gasteiger partial charge < -0.3 is 4.90 Å². The summed E-state index contributed by atoms with van der Waals surface area (Å²) in [6.07, 6.45) is 3.39. The molecule has 1 fully saturated rings. The number of thiophene rings is 1. The third-order valence-electron chi connectivity index (χ3n) is 5.29. The first-order valence-electron chi connectivity index (χ1n) is 8.99. The van der Waals surface area contributed by atoms with Gasteiger partial charge in [-0.15, -0.1) is 16.4 Å². The second-order valence-corrected chi connectivity index (χ2v) is 8.15. The molecule has 2 aliphatic rings. The summed E-state index contributed by atoms with van der Waals surface area (Å²) in [6, 6.07) is 2.12. The highest BCUT2D eigenvalue weighted by atomic mass is 32.1. The molecule has 2 aliphatic heterocycles. The Morgan fingerprint density at radius 1 is 1.32 bits per heavy atom. The molecular formula is C17H24N6OS. The number of hydrogen-bond acceptors (Lipinski definition) is 6. The highest BCUT2D eigenvalue weighted by Gasteiger charge is 2.24. The topological polar surface area (TPSA) is 67.2 Å². The standard InChI is InChI=1S/C17H24N6OS/c1-13-2-6-21(7-3-13)11-16-18-19-20-23(16)12-17(24)22-8-4-15-14(10-22)5-9-25-15/h5,9,13H,2-4,6-8,10-12H2,1H3. The van der Waals surface area contributed by atoms with Crippen LogP contribution in [0, 0.1) is 5.92 Å². The van der Waals surface area contributed by atoms with Crippen LogP contribution in [0.1, 0.15) is 36.0 Å². The summed E-state index contributed by atoms with van der Waals surface area (Å²) in [4.78, 5) is 18.4. The molecule has 0 radical (unpaired) electrons. The summed E-state index contributed by atoms with van der Waals surface area (Å²) in [6.45, 7) is 6.91. The van der Waals surface area contributed by atoms with Crippen LogP contribution < -0.4 is 0 Å². The highest BCUT2D eigenvalue weighted by molar-refractivity contribution is 7.10. The van der Waals surface area contributed by atoms with E-state index in [1.165, 1.54) is 23.3 Å². The van der Waals surface area contributed by atoms with Crippen molar-refractivity contribution in [3.63, 3.8) is 0 Å². The minimum atomic E-state index is 0.0951. The quantitative estimate of drug-likeness (QED) is 0.828. The van der Waals surface area contributed by atoms with Crippen molar-refractivity contribution < 1.29 is 4.79 Å². The lowest BCUT2D eigenvalue weighted by Crippen LogP contribution is -2.38. The number of rotatable bonds is 4. The molecule has 0 bridgehead atoms.